The number of hydrogen-bond acceptors (Lipinski definition) is 7. The van der Waals surface area contributed by atoms with Gasteiger partial charge in [-0.25, -0.2) is 13.4 Å². The standard InChI is InChI=1S/C11H12N6O2S2/c1-2-14-9-10(17-7-8-20-11(17)15-9)21(18,19)16(5-3-12)6-4-13/h7-8,14H,2,5-6H2,1H3. The van der Waals surface area contributed by atoms with Gasteiger partial charge in [0.15, 0.2) is 15.8 Å². The molecule has 0 atom stereocenters. The van der Waals surface area contributed by atoms with E-state index in [0.29, 0.717) is 11.5 Å². The minimum Gasteiger partial charge on any atom is -0.368 e. The van der Waals surface area contributed by atoms with Crippen molar-refractivity contribution in [1.82, 2.24) is 13.7 Å². The number of nitrogens with one attached hydrogen (secondary N) is 1. The number of thiazole rings is 1. The fourth-order valence-electron chi connectivity index (χ4n) is 1.80. The van der Waals surface area contributed by atoms with E-state index < -0.39 is 23.1 Å². The first-order valence-corrected chi connectivity index (χ1v) is 8.31. The van der Waals surface area contributed by atoms with E-state index in [4.69, 9.17) is 10.5 Å². The zero-order chi connectivity index (χ0) is 15.5. The van der Waals surface area contributed by atoms with Gasteiger partial charge in [0.1, 0.15) is 13.1 Å². The number of sulfonamides is 1. The molecule has 0 bridgehead atoms. The Balaban J connectivity index is 2.62. The molecule has 0 amide bonds. The molecule has 0 saturated heterocycles. The van der Waals surface area contributed by atoms with Crippen molar-refractivity contribution in [3.8, 4) is 12.1 Å². The number of nitrogens with zero attached hydrogens (tertiary/aromatic N) is 5. The zero-order valence-electron chi connectivity index (χ0n) is 11.1. The fourth-order valence-corrected chi connectivity index (χ4v) is 4.03. The first kappa shape index (κ1) is 15.3. The topological polar surface area (TPSA) is 114 Å². The van der Waals surface area contributed by atoms with Crippen molar-refractivity contribution in [2.24, 2.45) is 0 Å². The molecule has 1 N–H and O–H groups in total. The summed E-state index contributed by atoms with van der Waals surface area (Å²) in [6.07, 6.45) is 1.59. The van der Waals surface area contributed by atoms with Gasteiger partial charge in [0.25, 0.3) is 10.0 Å². The average molecular weight is 324 g/mol. The lowest BCUT2D eigenvalue weighted by atomic mass is 10.6. The number of fused-ring (bicyclic) bond motifs is 1. The maximum atomic E-state index is 12.7. The molecule has 0 aliphatic carbocycles. The van der Waals surface area contributed by atoms with Crippen molar-refractivity contribution < 1.29 is 8.42 Å². The molecule has 0 spiro atoms. The summed E-state index contributed by atoms with van der Waals surface area (Å²) in [5.41, 5.74) is 0. The van der Waals surface area contributed by atoms with E-state index in [2.05, 4.69) is 10.3 Å². The second-order valence-electron chi connectivity index (χ2n) is 3.94. The molecule has 0 aromatic carbocycles. The highest BCUT2D eigenvalue weighted by molar-refractivity contribution is 7.89. The van der Waals surface area contributed by atoms with E-state index in [1.54, 1.807) is 23.7 Å². The Bertz CT molecular complexity index is 807. The molecule has 0 saturated carbocycles. The molecule has 2 heterocycles. The third-order valence-electron chi connectivity index (χ3n) is 2.64. The number of anilines is 1. The van der Waals surface area contributed by atoms with Crippen molar-refractivity contribution in [3.05, 3.63) is 11.6 Å². The van der Waals surface area contributed by atoms with Crippen molar-refractivity contribution in [2.45, 2.75) is 11.9 Å². The van der Waals surface area contributed by atoms with Crippen LogP contribution in [0.2, 0.25) is 0 Å². The van der Waals surface area contributed by atoms with E-state index in [9.17, 15) is 8.42 Å². The Morgan fingerprint density at radius 1 is 1.43 bits per heavy atom. The Labute approximate surface area is 125 Å². The van der Waals surface area contributed by atoms with Gasteiger partial charge in [-0.05, 0) is 6.92 Å². The average Bonchev–Trinajstić information content (AvgIpc) is 2.98. The molecular formula is C11H12N6O2S2. The van der Waals surface area contributed by atoms with Crippen LogP contribution >= 0.6 is 11.3 Å². The SMILES string of the molecule is CCNc1nc2sccn2c1S(=O)(=O)N(CC#N)CC#N. The monoisotopic (exact) mass is 324 g/mol. The predicted octanol–water partition coefficient (Wildman–Crippen LogP) is 0.865. The molecule has 21 heavy (non-hydrogen) atoms. The second kappa shape index (κ2) is 6.10. The van der Waals surface area contributed by atoms with Crippen LogP contribution in [0.25, 0.3) is 4.96 Å². The third-order valence-corrected chi connectivity index (χ3v) is 5.21. The van der Waals surface area contributed by atoms with Crippen molar-refractivity contribution in [2.75, 3.05) is 25.0 Å². The first-order valence-electron chi connectivity index (χ1n) is 5.99. The maximum absolute atomic E-state index is 12.7. The van der Waals surface area contributed by atoms with Gasteiger partial charge in [-0.15, -0.1) is 11.3 Å². The number of aromatic nitrogens is 2. The summed E-state index contributed by atoms with van der Waals surface area (Å²) in [6, 6.07) is 3.52. The van der Waals surface area contributed by atoms with Gasteiger partial charge >= 0.3 is 0 Å². The van der Waals surface area contributed by atoms with Crippen LogP contribution in [0.3, 0.4) is 0 Å². The predicted molar refractivity (Wildman–Crippen MR) is 77.2 cm³/mol. The highest BCUT2D eigenvalue weighted by Crippen LogP contribution is 2.28. The molecule has 0 aliphatic heterocycles. The quantitative estimate of drug-likeness (QED) is 0.788. The summed E-state index contributed by atoms with van der Waals surface area (Å²) in [6.45, 7) is 1.55. The van der Waals surface area contributed by atoms with Crippen LogP contribution < -0.4 is 5.32 Å². The maximum Gasteiger partial charge on any atom is 0.264 e. The summed E-state index contributed by atoms with van der Waals surface area (Å²) in [4.78, 5) is 4.76. The van der Waals surface area contributed by atoms with Crippen molar-refractivity contribution in [1.29, 1.82) is 10.5 Å². The van der Waals surface area contributed by atoms with Gasteiger partial charge in [0.05, 0.1) is 12.1 Å². The van der Waals surface area contributed by atoms with Crippen LogP contribution in [-0.2, 0) is 10.0 Å². The Kier molecular flexibility index (Phi) is 4.43. The van der Waals surface area contributed by atoms with Crippen LogP contribution in [0.4, 0.5) is 5.82 Å². The normalized spacial score (nSPS) is 11.4. The number of imidazole rings is 1. The minimum atomic E-state index is -4.00. The summed E-state index contributed by atoms with van der Waals surface area (Å²) in [5, 5.41) is 22.1. The van der Waals surface area contributed by atoms with Crippen LogP contribution in [0.5, 0.6) is 0 Å². The van der Waals surface area contributed by atoms with E-state index in [1.165, 1.54) is 15.7 Å². The van der Waals surface area contributed by atoms with Crippen molar-refractivity contribution >= 4 is 32.1 Å². The molecule has 0 radical (unpaired) electrons. The van der Waals surface area contributed by atoms with E-state index in [-0.39, 0.29) is 10.8 Å². The summed E-state index contributed by atoms with van der Waals surface area (Å²) in [7, 11) is -4.00. The lowest BCUT2D eigenvalue weighted by Crippen LogP contribution is -2.33. The largest absolute Gasteiger partial charge is 0.368 e. The highest BCUT2D eigenvalue weighted by atomic mass is 32.2. The van der Waals surface area contributed by atoms with Crippen LogP contribution in [-0.4, -0.2) is 41.7 Å². The summed E-state index contributed by atoms with van der Waals surface area (Å²) >= 11 is 1.30. The number of hydrogen-bond donors (Lipinski definition) is 1. The molecule has 0 unspecified atom stereocenters. The minimum absolute atomic E-state index is 0.0499. The number of nitriles is 2. The van der Waals surface area contributed by atoms with Crippen LogP contribution in [0.1, 0.15) is 6.92 Å². The molecule has 0 fully saturated rings. The molecule has 2 rings (SSSR count). The van der Waals surface area contributed by atoms with E-state index in [0.717, 1.165) is 4.31 Å². The van der Waals surface area contributed by atoms with Crippen LogP contribution in [0.15, 0.2) is 16.6 Å². The molecule has 0 aliphatic rings. The van der Waals surface area contributed by atoms with Crippen LogP contribution in [0, 0.1) is 22.7 Å². The summed E-state index contributed by atoms with van der Waals surface area (Å²) < 4.78 is 27.7. The summed E-state index contributed by atoms with van der Waals surface area (Å²) in [5.74, 6) is 0.227. The lowest BCUT2D eigenvalue weighted by molar-refractivity contribution is 0.476. The Hall–Kier alpha value is -2.14. The molecular weight excluding hydrogens is 312 g/mol. The van der Waals surface area contributed by atoms with Gasteiger partial charge in [-0.2, -0.15) is 14.8 Å². The third kappa shape index (κ3) is 2.69. The zero-order valence-corrected chi connectivity index (χ0v) is 12.8. The van der Waals surface area contributed by atoms with Gasteiger partial charge in [0.2, 0.25) is 0 Å². The van der Waals surface area contributed by atoms with Gasteiger partial charge in [-0.1, -0.05) is 0 Å². The van der Waals surface area contributed by atoms with E-state index in [1.807, 2.05) is 6.92 Å². The molecule has 8 nitrogen and oxygen atoms in total. The van der Waals surface area contributed by atoms with Gasteiger partial charge in [0, 0.05) is 18.1 Å². The number of rotatable bonds is 6. The Morgan fingerprint density at radius 2 is 2.10 bits per heavy atom. The molecule has 110 valence electrons. The van der Waals surface area contributed by atoms with Crippen molar-refractivity contribution in [3.63, 3.8) is 0 Å². The van der Waals surface area contributed by atoms with E-state index >= 15 is 0 Å². The first-order chi connectivity index (χ1) is 10.1. The highest BCUT2D eigenvalue weighted by Gasteiger charge is 2.31. The molecule has 2 aromatic rings. The Morgan fingerprint density at radius 3 is 2.67 bits per heavy atom. The second-order valence-corrected chi connectivity index (χ2v) is 6.67. The van der Waals surface area contributed by atoms with Gasteiger partial charge < -0.3 is 5.32 Å². The smallest absolute Gasteiger partial charge is 0.264 e. The molecule has 2 aromatic heterocycles. The molecule has 10 heteroatoms. The fraction of sp³-hybridized carbons (Fsp3) is 0.364. The lowest BCUT2D eigenvalue weighted by Gasteiger charge is -2.16. The van der Waals surface area contributed by atoms with Gasteiger partial charge in [-0.3, -0.25) is 4.40 Å².